The number of hydrogen-bond donors (Lipinski definition) is 0. The molecule has 0 saturated carbocycles. The third kappa shape index (κ3) is 2.68. The maximum Gasteiger partial charge on any atom is 0.266 e. The number of rotatable bonds is 2. The predicted molar refractivity (Wildman–Crippen MR) is 108 cm³/mol. The molecule has 0 N–H and O–H groups in total. The second-order valence-electron chi connectivity index (χ2n) is 7.86. The molecule has 1 aromatic heterocycles. The molecule has 6 heteroatoms. The van der Waals surface area contributed by atoms with Crippen molar-refractivity contribution >= 4 is 16.7 Å². The van der Waals surface area contributed by atoms with Crippen molar-refractivity contribution in [3.05, 3.63) is 69.3 Å². The van der Waals surface area contributed by atoms with E-state index in [2.05, 4.69) is 21.8 Å². The van der Waals surface area contributed by atoms with E-state index in [1.807, 2.05) is 43.3 Å². The maximum atomic E-state index is 13.3. The van der Waals surface area contributed by atoms with E-state index in [1.54, 1.807) is 0 Å². The van der Waals surface area contributed by atoms with Gasteiger partial charge in [0.15, 0.2) is 5.82 Å². The lowest BCUT2D eigenvalue weighted by molar-refractivity contribution is 0.103. The van der Waals surface area contributed by atoms with E-state index in [1.165, 1.54) is 4.57 Å². The fourth-order valence-electron chi connectivity index (χ4n) is 4.12. The molecular formula is C22H22N4O2. The monoisotopic (exact) mass is 374 g/mol. The molecule has 142 valence electrons. The Hall–Kier alpha value is -2.83. The summed E-state index contributed by atoms with van der Waals surface area (Å²) >= 11 is 0. The first-order chi connectivity index (χ1) is 13.5. The molecule has 3 heterocycles. The lowest BCUT2D eigenvalue weighted by atomic mass is 10.1. The van der Waals surface area contributed by atoms with Gasteiger partial charge in [-0.05, 0) is 43.8 Å². The molecule has 2 aliphatic rings. The van der Waals surface area contributed by atoms with Crippen LogP contribution in [0.15, 0.2) is 41.2 Å². The predicted octanol–water partition coefficient (Wildman–Crippen LogP) is 1.99. The molecule has 0 spiro atoms. The molecule has 1 fully saturated rings. The van der Waals surface area contributed by atoms with Crippen LogP contribution in [0.3, 0.4) is 0 Å². The van der Waals surface area contributed by atoms with Crippen molar-refractivity contribution < 1.29 is 4.79 Å². The number of carbonyl (C=O) groups is 1. The van der Waals surface area contributed by atoms with Crippen molar-refractivity contribution in [3.8, 4) is 5.69 Å². The molecule has 2 aromatic carbocycles. The van der Waals surface area contributed by atoms with Gasteiger partial charge in [0.05, 0.1) is 22.2 Å². The van der Waals surface area contributed by atoms with Crippen LogP contribution in [0, 0.1) is 6.92 Å². The van der Waals surface area contributed by atoms with Crippen molar-refractivity contribution in [1.82, 2.24) is 19.4 Å². The number of hydrogen-bond acceptors (Lipinski definition) is 5. The van der Waals surface area contributed by atoms with Crippen molar-refractivity contribution in [2.45, 2.75) is 13.5 Å². The molecule has 0 unspecified atom stereocenters. The average Bonchev–Trinajstić information content (AvgIpc) is 2.96. The van der Waals surface area contributed by atoms with Crippen LogP contribution >= 0.6 is 0 Å². The zero-order chi connectivity index (χ0) is 19.4. The highest BCUT2D eigenvalue weighted by Crippen LogP contribution is 2.27. The van der Waals surface area contributed by atoms with Gasteiger partial charge in [0, 0.05) is 32.7 Å². The Labute approximate surface area is 163 Å². The first-order valence-corrected chi connectivity index (χ1v) is 9.63. The maximum absolute atomic E-state index is 13.3. The van der Waals surface area contributed by atoms with E-state index < -0.39 is 0 Å². The Balaban J connectivity index is 1.58. The Morgan fingerprint density at radius 3 is 2.57 bits per heavy atom. The van der Waals surface area contributed by atoms with E-state index in [9.17, 15) is 9.59 Å². The fourth-order valence-corrected chi connectivity index (χ4v) is 4.12. The molecule has 2 aliphatic heterocycles. The van der Waals surface area contributed by atoms with Crippen LogP contribution in [0.5, 0.6) is 0 Å². The first kappa shape index (κ1) is 17.3. The SMILES string of the molecule is Cc1ccc2c(c1)C(=O)c1nc3ccc(CN4CCN(C)CC4)cc3c(=O)n1-2. The van der Waals surface area contributed by atoms with Gasteiger partial charge in [0.2, 0.25) is 5.78 Å². The summed E-state index contributed by atoms with van der Waals surface area (Å²) in [4.78, 5) is 35.3. The van der Waals surface area contributed by atoms with E-state index in [0.29, 0.717) is 22.2 Å². The summed E-state index contributed by atoms with van der Waals surface area (Å²) < 4.78 is 1.47. The molecule has 5 rings (SSSR count). The number of ketones is 1. The smallest absolute Gasteiger partial charge is 0.266 e. The minimum Gasteiger partial charge on any atom is -0.304 e. The second-order valence-corrected chi connectivity index (χ2v) is 7.86. The quantitative estimate of drug-likeness (QED) is 0.537. The van der Waals surface area contributed by atoms with E-state index in [4.69, 9.17) is 0 Å². The molecule has 0 atom stereocenters. The van der Waals surface area contributed by atoms with Crippen LogP contribution in [0.4, 0.5) is 0 Å². The largest absolute Gasteiger partial charge is 0.304 e. The summed E-state index contributed by atoms with van der Waals surface area (Å²) in [6.07, 6.45) is 0. The summed E-state index contributed by atoms with van der Waals surface area (Å²) in [6.45, 7) is 6.93. The lowest BCUT2D eigenvalue weighted by Crippen LogP contribution is -2.43. The number of aromatic nitrogens is 2. The third-order valence-electron chi connectivity index (χ3n) is 5.78. The van der Waals surface area contributed by atoms with Gasteiger partial charge in [-0.1, -0.05) is 17.7 Å². The Bertz CT molecular complexity index is 1170. The van der Waals surface area contributed by atoms with Gasteiger partial charge < -0.3 is 4.90 Å². The van der Waals surface area contributed by atoms with Crippen LogP contribution < -0.4 is 5.56 Å². The average molecular weight is 374 g/mol. The molecule has 0 aliphatic carbocycles. The molecule has 6 nitrogen and oxygen atoms in total. The summed E-state index contributed by atoms with van der Waals surface area (Å²) in [5.74, 6) is 0.0316. The van der Waals surface area contributed by atoms with Crippen molar-refractivity contribution in [2.75, 3.05) is 33.2 Å². The summed E-state index contributed by atoms with van der Waals surface area (Å²) in [5, 5.41) is 0.566. The minimum atomic E-state index is -0.181. The molecule has 0 radical (unpaired) electrons. The van der Waals surface area contributed by atoms with Crippen molar-refractivity contribution in [3.63, 3.8) is 0 Å². The Morgan fingerprint density at radius 1 is 1.00 bits per heavy atom. The summed E-state index contributed by atoms with van der Waals surface area (Å²) in [6, 6.07) is 11.4. The number of piperazine rings is 1. The van der Waals surface area contributed by atoms with Crippen molar-refractivity contribution in [1.29, 1.82) is 0 Å². The summed E-state index contributed by atoms with van der Waals surface area (Å²) in [5.41, 5.74) is 3.69. The van der Waals surface area contributed by atoms with Crippen LogP contribution in [0.1, 0.15) is 27.3 Å². The van der Waals surface area contributed by atoms with Crippen LogP contribution in [-0.2, 0) is 6.54 Å². The molecule has 0 bridgehead atoms. The van der Waals surface area contributed by atoms with Crippen LogP contribution in [0.2, 0.25) is 0 Å². The normalized spacial score (nSPS) is 17.1. The van der Waals surface area contributed by atoms with E-state index >= 15 is 0 Å². The lowest BCUT2D eigenvalue weighted by Gasteiger charge is -2.32. The standard InChI is InChI=1S/C22H22N4O2/c1-14-3-6-19-17(11-14)20(27)21-23-18-5-4-15(12-16(18)22(28)26(19)21)13-25-9-7-24(2)8-10-25/h3-6,11-12H,7-10,13H2,1-2H3. The highest BCUT2D eigenvalue weighted by Gasteiger charge is 2.30. The first-order valence-electron chi connectivity index (χ1n) is 9.63. The van der Waals surface area contributed by atoms with Gasteiger partial charge in [0.1, 0.15) is 0 Å². The number of benzene rings is 2. The fraction of sp³-hybridized carbons (Fsp3) is 0.318. The molecular weight excluding hydrogens is 352 g/mol. The highest BCUT2D eigenvalue weighted by molar-refractivity contribution is 6.13. The van der Waals surface area contributed by atoms with Gasteiger partial charge in [-0.25, -0.2) is 4.98 Å². The zero-order valence-electron chi connectivity index (χ0n) is 16.1. The van der Waals surface area contributed by atoms with Crippen LogP contribution in [0.25, 0.3) is 16.6 Å². The minimum absolute atomic E-state index is 0.170. The van der Waals surface area contributed by atoms with Gasteiger partial charge in [-0.15, -0.1) is 0 Å². The molecule has 0 amide bonds. The molecule has 28 heavy (non-hydrogen) atoms. The zero-order valence-corrected chi connectivity index (χ0v) is 16.1. The second kappa shape index (κ2) is 6.36. The molecule has 1 saturated heterocycles. The number of nitrogens with zero attached hydrogens (tertiary/aromatic N) is 4. The molecule has 3 aromatic rings. The number of fused-ring (bicyclic) bond motifs is 4. The number of aryl methyl sites for hydroxylation is 1. The number of carbonyl (C=O) groups excluding carboxylic acids is 1. The van der Waals surface area contributed by atoms with Crippen molar-refractivity contribution in [2.24, 2.45) is 0 Å². The topological polar surface area (TPSA) is 58.4 Å². The Kier molecular flexibility index (Phi) is 3.92. The van der Waals surface area contributed by atoms with Gasteiger partial charge in [-0.2, -0.15) is 0 Å². The van der Waals surface area contributed by atoms with Gasteiger partial charge >= 0.3 is 0 Å². The summed E-state index contributed by atoms with van der Waals surface area (Å²) in [7, 11) is 2.14. The Morgan fingerprint density at radius 2 is 1.79 bits per heavy atom. The van der Waals surface area contributed by atoms with Gasteiger partial charge in [-0.3, -0.25) is 19.1 Å². The van der Waals surface area contributed by atoms with Gasteiger partial charge in [0.25, 0.3) is 5.56 Å². The third-order valence-corrected chi connectivity index (χ3v) is 5.78. The van der Waals surface area contributed by atoms with Crippen LogP contribution in [-0.4, -0.2) is 58.4 Å². The number of likely N-dealkylation sites (N-methyl/N-ethyl adjacent to an activating group) is 1. The van der Waals surface area contributed by atoms with E-state index in [-0.39, 0.29) is 17.2 Å². The van der Waals surface area contributed by atoms with E-state index in [0.717, 1.165) is 43.9 Å². The highest BCUT2D eigenvalue weighted by atomic mass is 16.1.